The van der Waals surface area contributed by atoms with E-state index in [-0.39, 0.29) is 16.6 Å². The van der Waals surface area contributed by atoms with Crippen LogP contribution in [0.5, 0.6) is 0 Å². The molecule has 0 atom stereocenters. The fourth-order valence-electron chi connectivity index (χ4n) is 1.52. The summed E-state index contributed by atoms with van der Waals surface area (Å²) in [4.78, 5) is 23.9. The van der Waals surface area contributed by atoms with Crippen molar-refractivity contribution >= 4 is 23.8 Å². The summed E-state index contributed by atoms with van der Waals surface area (Å²) in [6, 6.07) is 6.93. The molecule has 2 rings (SSSR count). The summed E-state index contributed by atoms with van der Waals surface area (Å²) in [6.45, 7) is 5.92. The molecule has 1 aliphatic heterocycles. The minimum atomic E-state index is -0.208. The molecule has 0 radical (unpaired) electrons. The monoisotopic (exact) mass is 235 g/mol. The first-order valence-corrected chi connectivity index (χ1v) is 5.84. The fraction of sp³-hybridized carbons (Fsp3) is 0.333. The van der Waals surface area contributed by atoms with Crippen LogP contribution in [0.3, 0.4) is 0 Å². The second-order valence-corrected chi connectivity index (χ2v) is 6.43. The Bertz CT molecular complexity index is 427. The third-order valence-corrected chi connectivity index (χ3v) is 3.18. The van der Waals surface area contributed by atoms with Crippen molar-refractivity contribution in [3.05, 3.63) is 35.4 Å². The predicted molar refractivity (Wildman–Crippen MR) is 64.3 cm³/mol. The molecular formula is C12H13NO2S. The van der Waals surface area contributed by atoms with Crippen LogP contribution in [-0.2, 0) is 0 Å². The minimum Gasteiger partial charge on any atom is -0.268 e. The number of carbonyl (C=O) groups excluding carboxylic acids is 2. The number of imide groups is 1. The molecule has 2 amide bonds. The van der Waals surface area contributed by atoms with Gasteiger partial charge in [0.05, 0.1) is 11.1 Å². The van der Waals surface area contributed by atoms with Crippen molar-refractivity contribution in [3.63, 3.8) is 0 Å². The summed E-state index contributed by atoms with van der Waals surface area (Å²) < 4.78 is 1.10. The van der Waals surface area contributed by atoms with Crippen molar-refractivity contribution in [3.8, 4) is 0 Å². The molecular weight excluding hydrogens is 222 g/mol. The van der Waals surface area contributed by atoms with Gasteiger partial charge in [0.25, 0.3) is 11.8 Å². The second-order valence-electron chi connectivity index (χ2n) is 4.65. The van der Waals surface area contributed by atoms with E-state index in [1.54, 1.807) is 24.3 Å². The first kappa shape index (κ1) is 11.2. The number of amides is 2. The highest BCUT2D eigenvalue weighted by molar-refractivity contribution is 7.99. The zero-order valence-electron chi connectivity index (χ0n) is 9.48. The molecule has 0 aliphatic carbocycles. The highest BCUT2D eigenvalue weighted by atomic mass is 32.2. The molecule has 1 aliphatic rings. The van der Waals surface area contributed by atoms with Crippen molar-refractivity contribution in [2.75, 3.05) is 0 Å². The van der Waals surface area contributed by atoms with Crippen LogP contribution in [-0.4, -0.2) is 20.9 Å². The Kier molecular flexibility index (Phi) is 2.54. The normalized spacial score (nSPS) is 15.6. The molecule has 0 unspecified atom stereocenters. The number of carbonyl (C=O) groups is 2. The molecule has 0 fully saturated rings. The van der Waals surface area contributed by atoms with Crippen molar-refractivity contribution in [2.24, 2.45) is 0 Å². The SMILES string of the molecule is CC(C)(C)SN1C(=O)c2ccccc2C1=O. The van der Waals surface area contributed by atoms with Gasteiger partial charge in [-0.2, -0.15) is 0 Å². The first-order valence-electron chi connectivity index (χ1n) is 5.07. The molecule has 0 aromatic heterocycles. The third kappa shape index (κ3) is 1.85. The smallest absolute Gasteiger partial charge is 0.268 e. The number of benzene rings is 1. The Morgan fingerprint density at radius 1 is 1.00 bits per heavy atom. The van der Waals surface area contributed by atoms with E-state index in [2.05, 4.69) is 0 Å². The van der Waals surface area contributed by atoms with Crippen LogP contribution in [0.2, 0.25) is 0 Å². The van der Waals surface area contributed by atoms with Gasteiger partial charge >= 0.3 is 0 Å². The lowest BCUT2D eigenvalue weighted by atomic mass is 10.1. The van der Waals surface area contributed by atoms with Crippen LogP contribution in [0.4, 0.5) is 0 Å². The number of nitrogens with zero attached hydrogens (tertiary/aromatic N) is 1. The summed E-state index contributed by atoms with van der Waals surface area (Å²) in [5.74, 6) is -0.416. The lowest BCUT2D eigenvalue weighted by molar-refractivity contribution is 0.0775. The molecule has 0 N–H and O–H groups in total. The van der Waals surface area contributed by atoms with Crippen LogP contribution in [0.25, 0.3) is 0 Å². The predicted octanol–water partition coefficient (Wildman–Crippen LogP) is 2.73. The standard InChI is InChI=1S/C12H13NO2S/c1-12(2,3)16-13-10(14)8-6-4-5-7-9(8)11(13)15/h4-7H,1-3H3. The van der Waals surface area contributed by atoms with E-state index in [1.807, 2.05) is 20.8 Å². The summed E-state index contributed by atoms with van der Waals surface area (Å²) in [5.41, 5.74) is 1.01. The summed E-state index contributed by atoms with van der Waals surface area (Å²) in [7, 11) is 0. The topological polar surface area (TPSA) is 37.4 Å². The summed E-state index contributed by atoms with van der Waals surface area (Å²) >= 11 is 1.27. The maximum Gasteiger partial charge on any atom is 0.271 e. The van der Waals surface area contributed by atoms with Gasteiger partial charge in [-0.25, -0.2) is 4.31 Å². The maximum absolute atomic E-state index is 12.0. The molecule has 0 saturated carbocycles. The van der Waals surface area contributed by atoms with Gasteiger partial charge in [0.2, 0.25) is 0 Å². The molecule has 4 heteroatoms. The van der Waals surface area contributed by atoms with Gasteiger partial charge in [0.15, 0.2) is 0 Å². The van der Waals surface area contributed by atoms with Crippen LogP contribution in [0.1, 0.15) is 41.5 Å². The molecule has 84 valence electrons. The van der Waals surface area contributed by atoms with Gasteiger partial charge in [-0.1, -0.05) is 12.1 Å². The quantitative estimate of drug-likeness (QED) is 0.555. The zero-order chi connectivity index (χ0) is 11.9. The van der Waals surface area contributed by atoms with Crippen molar-refractivity contribution in [1.82, 2.24) is 4.31 Å². The largest absolute Gasteiger partial charge is 0.271 e. The molecule has 16 heavy (non-hydrogen) atoms. The number of rotatable bonds is 1. The van der Waals surface area contributed by atoms with Gasteiger partial charge in [-0.3, -0.25) is 9.59 Å². The van der Waals surface area contributed by atoms with E-state index >= 15 is 0 Å². The number of fused-ring (bicyclic) bond motifs is 1. The van der Waals surface area contributed by atoms with Crippen molar-refractivity contribution < 1.29 is 9.59 Å². The molecule has 0 spiro atoms. The van der Waals surface area contributed by atoms with Gasteiger partial charge in [0.1, 0.15) is 0 Å². The third-order valence-electron chi connectivity index (χ3n) is 2.12. The highest BCUT2D eigenvalue weighted by Gasteiger charge is 2.38. The van der Waals surface area contributed by atoms with E-state index in [0.29, 0.717) is 11.1 Å². The van der Waals surface area contributed by atoms with Crippen LogP contribution >= 0.6 is 11.9 Å². The average Bonchev–Trinajstić information content (AvgIpc) is 2.43. The van der Waals surface area contributed by atoms with Crippen molar-refractivity contribution in [2.45, 2.75) is 25.5 Å². The number of hydrogen-bond donors (Lipinski definition) is 0. The van der Waals surface area contributed by atoms with E-state index in [4.69, 9.17) is 0 Å². The molecule has 1 aromatic rings. The molecule has 1 heterocycles. The van der Waals surface area contributed by atoms with E-state index in [9.17, 15) is 9.59 Å². The van der Waals surface area contributed by atoms with Gasteiger partial charge in [0, 0.05) is 4.75 Å². The highest BCUT2D eigenvalue weighted by Crippen LogP contribution is 2.34. The molecule has 0 saturated heterocycles. The minimum absolute atomic E-state index is 0.159. The van der Waals surface area contributed by atoms with E-state index < -0.39 is 0 Å². The van der Waals surface area contributed by atoms with Gasteiger partial charge < -0.3 is 0 Å². The number of hydrogen-bond acceptors (Lipinski definition) is 3. The zero-order valence-corrected chi connectivity index (χ0v) is 10.3. The van der Waals surface area contributed by atoms with Crippen LogP contribution < -0.4 is 0 Å². The van der Waals surface area contributed by atoms with Crippen LogP contribution in [0.15, 0.2) is 24.3 Å². The van der Waals surface area contributed by atoms with E-state index in [1.165, 1.54) is 16.3 Å². The first-order chi connectivity index (χ1) is 7.40. The fourth-order valence-corrected chi connectivity index (χ4v) is 2.43. The summed E-state index contributed by atoms with van der Waals surface area (Å²) in [5, 5.41) is 0. The molecule has 3 nitrogen and oxygen atoms in total. The molecule has 0 bridgehead atoms. The maximum atomic E-state index is 12.0. The Morgan fingerprint density at radius 2 is 1.44 bits per heavy atom. The molecule has 1 aromatic carbocycles. The summed E-state index contributed by atoms with van der Waals surface area (Å²) in [6.07, 6.45) is 0. The van der Waals surface area contributed by atoms with Crippen LogP contribution in [0, 0.1) is 0 Å². The Balaban J connectivity index is 2.36. The average molecular weight is 235 g/mol. The van der Waals surface area contributed by atoms with Crippen molar-refractivity contribution in [1.29, 1.82) is 0 Å². The Morgan fingerprint density at radius 3 is 1.81 bits per heavy atom. The van der Waals surface area contributed by atoms with E-state index in [0.717, 1.165) is 0 Å². The lowest BCUT2D eigenvalue weighted by Crippen LogP contribution is -2.28. The van der Waals surface area contributed by atoms with Gasteiger partial charge in [-0.15, -0.1) is 0 Å². The lowest BCUT2D eigenvalue weighted by Gasteiger charge is -2.23. The second kappa shape index (κ2) is 3.63. The Labute approximate surface area is 99.0 Å². The Hall–Kier alpha value is -1.29. The van der Waals surface area contributed by atoms with Gasteiger partial charge in [-0.05, 0) is 44.9 Å².